The summed E-state index contributed by atoms with van der Waals surface area (Å²) in [6.07, 6.45) is 3.87. The van der Waals surface area contributed by atoms with E-state index >= 15 is 0 Å². The molecule has 0 heterocycles. The monoisotopic (exact) mass is 341 g/mol. The molecular weight excluding hydrogens is 317 g/mol. The number of fused-ring (bicyclic) bond motifs is 1. The number of halogens is 1. The number of carbonyl (C=O) groups is 1. The molecule has 3 nitrogen and oxygen atoms in total. The van der Waals surface area contributed by atoms with Crippen LogP contribution < -0.4 is 10.1 Å². The van der Waals surface area contributed by atoms with Crippen LogP contribution in [0.5, 0.6) is 5.75 Å². The number of hydrogen-bond donors (Lipinski definition) is 1. The fourth-order valence-corrected chi connectivity index (χ4v) is 3.27. The second kappa shape index (κ2) is 7.68. The number of nitrogens with one attached hydrogen (secondary N) is 1. The van der Waals surface area contributed by atoms with Crippen LogP contribution in [0.2, 0.25) is 0 Å². The van der Waals surface area contributed by atoms with E-state index in [-0.39, 0.29) is 17.8 Å². The van der Waals surface area contributed by atoms with Crippen molar-refractivity contribution in [3.63, 3.8) is 0 Å². The third kappa shape index (κ3) is 4.19. The summed E-state index contributed by atoms with van der Waals surface area (Å²) in [6.45, 7) is 3.64. The molecule has 1 aliphatic rings. The van der Waals surface area contributed by atoms with Crippen molar-refractivity contribution in [3.8, 4) is 5.75 Å². The van der Waals surface area contributed by atoms with Crippen molar-refractivity contribution in [2.75, 3.05) is 0 Å². The Hall–Kier alpha value is -2.36. The topological polar surface area (TPSA) is 38.3 Å². The van der Waals surface area contributed by atoms with Crippen molar-refractivity contribution in [1.29, 1.82) is 0 Å². The standard InChI is InChI=1S/C21H24FNO2/c1-14(16-10-12-18(22)13-11-16)23-21(24)15(2)25-20-9-5-7-17-6-3-4-8-19(17)20/h5,7,9-15H,3-4,6,8H2,1-2H3,(H,23,24)/t14-,15+/m1/s1. The van der Waals surface area contributed by atoms with Gasteiger partial charge in [0.25, 0.3) is 5.91 Å². The van der Waals surface area contributed by atoms with Crippen molar-refractivity contribution < 1.29 is 13.9 Å². The van der Waals surface area contributed by atoms with Crippen LogP contribution in [0.4, 0.5) is 4.39 Å². The molecule has 2 aromatic rings. The lowest BCUT2D eigenvalue weighted by Gasteiger charge is -2.23. The van der Waals surface area contributed by atoms with Gasteiger partial charge in [0.15, 0.2) is 6.10 Å². The van der Waals surface area contributed by atoms with Crippen LogP contribution in [0.15, 0.2) is 42.5 Å². The Bertz CT molecular complexity index is 742. The zero-order chi connectivity index (χ0) is 17.8. The predicted molar refractivity (Wildman–Crippen MR) is 96.1 cm³/mol. The van der Waals surface area contributed by atoms with Gasteiger partial charge in [-0.05, 0) is 74.4 Å². The van der Waals surface area contributed by atoms with Gasteiger partial charge in [-0.25, -0.2) is 4.39 Å². The highest BCUT2D eigenvalue weighted by Crippen LogP contribution is 2.30. The number of rotatable bonds is 5. The molecule has 2 aromatic carbocycles. The van der Waals surface area contributed by atoms with Crippen molar-refractivity contribution in [1.82, 2.24) is 5.32 Å². The summed E-state index contributed by atoms with van der Waals surface area (Å²) in [6, 6.07) is 12.0. The molecule has 0 saturated heterocycles. The Labute approximate surface area is 148 Å². The fourth-order valence-electron chi connectivity index (χ4n) is 3.27. The van der Waals surface area contributed by atoms with Crippen LogP contribution >= 0.6 is 0 Å². The predicted octanol–water partition coefficient (Wildman–Crippen LogP) is 4.35. The molecule has 25 heavy (non-hydrogen) atoms. The van der Waals surface area contributed by atoms with Gasteiger partial charge in [0.1, 0.15) is 11.6 Å². The largest absolute Gasteiger partial charge is 0.481 e. The molecule has 4 heteroatoms. The first-order chi connectivity index (χ1) is 12.0. The highest BCUT2D eigenvalue weighted by molar-refractivity contribution is 5.81. The van der Waals surface area contributed by atoms with Crippen LogP contribution in [0.25, 0.3) is 0 Å². The molecule has 1 amide bonds. The van der Waals surface area contributed by atoms with Gasteiger partial charge in [-0.1, -0.05) is 24.3 Å². The molecule has 0 unspecified atom stereocenters. The van der Waals surface area contributed by atoms with Crippen LogP contribution in [-0.2, 0) is 17.6 Å². The smallest absolute Gasteiger partial charge is 0.261 e. The van der Waals surface area contributed by atoms with Gasteiger partial charge < -0.3 is 10.1 Å². The Kier molecular flexibility index (Phi) is 5.37. The zero-order valence-electron chi connectivity index (χ0n) is 14.7. The van der Waals surface area contributed by atoms with E-state index in [9.17, 15) is 9.18 Å². The first-order valence-corrected chi connectivity index (χ1v) is 8.88. The van der Waals surface area contributed by atoms with Gasteiger partial charge in [0.05, 0.1) is 6.04 Å². The number of aryl methyl sites for hydroxylation is 1. The highest BCUT2D eigenvalue weighted by atomic mass is 19.1. The Morgan fingerprint density at radius 1 is 1.08 bits per heavy atom. The van der Waals surface area contributed by atoms with Crippen molar-refractivity contribution in [3.05, 3.63) is 65.0 Å². The molecule has 0 radical (unpaired) electrons. The summed E-state index contributed by atoms with van der Waals surface area (Å²) >= 11 is 0. The summed E-state index contributed by atoms with van der Waals surface area (Å²) in [5.74, 6) is 0.354. The average Bonchev–Trinajstić information content (AvgIpc) is 2.62. The third-order valence-electron chi connectivity index (χ3n) is 4.75. The van der Waals surface area contributed by atoms with Gasteiger partial charge in [0.2, 0.25) is 0 Å². The van der Waals surface area contributed by atoms with Gasteiger partial charge in [-0.3, -0.25) is 4.79 Å². The first-order valence-electron chi connectivity index (χ1n) is 8.88. The summed E-state index contributed by atoms with van der Waals surface area (Å²) < 4.78 is 19.0. The van der Waals surface area contributed by atoms with E-state index in [2.05, 4.69) is 11.4 Å². The molecule has 0 saturated carbocycles. The second-order valence-electron chi connectivity index (χ2n) is 6.64. The van der Waals surface area contributed by atoms with Crippen LogP contribution in [0.3, 0.4) is 0 Å². The maximum Gasteiger partial charge on any atom is 0.261 e. The van der Waals surface area contributed by atoms with Crippen LogP contribution in [0.1, 0.15) is 49.4 Å². The van der Waals surface area contributed by atoms with Gasteiger partial charge in [-0.15, -0.1) is 0 Å². The second-order valence-corrected chi connectivity index (χ2v) is 6.64. The van der Waals surface area contributed by atoms with Crippen molar-refractivity contribution in [2.45, 2.75) is 51.7 Å². The summed E-state index contributed by atoms with van der Waals surface area (Å²) in [7, 11) is 0. The minimum absolute atomic E-state index is 0.176. The van der Waals surface area contributed by atoms with Crippen LogP contribution in [0, 0.1) is 5.82 Å². The molecule has 0 fully saturated rings. The van der Waals surface area contributed by atoms with Crippen LogP contribution in [-0.4, -0.2) is 12.0 Å². The SMILES string of the molecule is C[C@H](Oc1cccc2c1CCCC2)C(=O)N[C@H](C)c1ccc(F)cc1. The van der Waals surface area contributed by atoms with Gasteiger partial charge in [-0.2, -0.15) is 0 Å². The normalized spacial score (nSPS) is 15.8. The number of ether oxygens (including phenoxy) is 1. The molecule has 1 N–H and O–H groups in total. The summed E-state index contributed by atoms with van der Waals surface area (Å²) in [5, 5.41) is 2.93. The molecule has 0 aromatic heterocycles. The number of hydrogen-bond acceptors (Lipinski definition) is 2. The number of benzene rings is 2. The Morgan fingerprint density at radius 3 is 2.56 bits per heavy atom. The summed E-state index contributed by atoms with van der Waals surface area (Å²) in [4.78, 5) is 12.5. The molecule has 132 valence electrons. The van der Waals surface area contributed by atoms with Crippen molar-refractivity contribution >= 4 is 5.91 Å². The van der Waals surface area contributed by atoms with Gasteiger partial charge >= 0.3 is 0 Å². The summed E-state index contributed by atoms with van der Waals surface area (Å²) in [5.41, 5.74) is 3.43. The van der Waals surface area contributed by atoms with E-state index in [1.807, 2.05) is 19.1 Å². The lowest BCUT2D eigenvalue weighted by Crippen LogP contribution is -2.38. The zero-order valence-corrected chi connectivity index (χ0v) is 14.7. The minimum Gasteiger partial charge on any atom is -0.481 e. The maximum atomic E-state index is 13.0. The van der Waals surface area contributed by atoms with E-state index in [0.29, 0.717) is 0 Å². The van der Waals surface area contributed by atoms with E-state index < -0.39 is 6.10 Å². The lowest BCUT2D eigenvalue weighted by molar-refractivity contribution is -0.127. The molecular formula is C21H24FNO2. The molecule has 0 aliphatic heterocycles. The number of carbonyl (C=O) groups excluding carboxylic acids is 1. The van der Waals surface area contributed by atoms with E-state index in [4.69, 9.17) is 4.74 Å². The van der Waals surface area contributed by atoms with E-state index in [0.717, 1.165) is 30.6 Å². The first kappa shape index (κ1) is 17.5. The quantitative estimate of drug-likeness (QED) is 0.878. The molecule has 2 atom stereocenters. The Balaban J connectivity index is 1.64. The number of amides is 1. The fraction of sp³-hybridized carbons (Fsp3) is 0.381. The van der Waals surface area contributed by atoms with Gasteiger partial charge in [0, 0.05) is 0 Å². The molecule has 3 rings (SSSR count). The minimum atomic E-state index is -0.587. The Morgan fingerprint density at radius 2 is 1.80 bits per heavy atom. The third-order valence-corrected chi connectivity index (χ3v) is 4.75. The molecule has 0 bridgehead atoms. The molecule has 0 spiro atoms. The van der Waals surface area contributed by atoms with Crippen molar-refractivity contribution in [2.24, 2.45) is 0 Å². The lowest BCUT2D eigenvalue weighted by atomic mass is 9.91. The van der Waals surface area contributed by atoms with E-state index in [1.165, 1.54) is 29.7 Å². The molecule has 1 aliphatic carbocycles. The van der Waals surface area contributed by atoms with E-state index in [1.54, 1.807) is 19.1 Å². The maximum absolute atomic E-state index is 13.0. The average molecular weight is 341 g/mol. The highest BCUT2D eigenvalue weighted by Gasteiger charge is 2.20.